The number of fused-ring (bicyclic) bond motifs is 2. The Morgan fingerprint density at radius 3 is 2.77 bits per heavy atom. The van der Waals surface area contributed by atoms with E-state index in [4.69, 9.17) is 4.74 Å². The molecule has 31 heavy (non-hydrogen) atoms. The molecule has 2 aromatic rings. The van der Waals surface area contributed by atoms with Crippen molar-refractivity contribution in [3.05, 3.63) is 54.1 Å². The Hall–Kier alpha value is -3.39. The van der Waals surface area contributed by atoms with Gasteiger partial charge in [-0.1, -0.05) is 30.3 Å². The molecule has 2 aromatic carbocycles. The van der Waals surface area contributed by atoms with Gasteiger partial charge in [0.25, 0.3) is 0 Å². The summed E-state index contributed by atoms with van der Waals surface area (Å²) in [5.41, 5.74) is 2.57. The minimum atomic E-state index is -0.0801. The molecule has 2 aliphatic rings. The van der Waals surface area contributed by atoms with E-state index in [1.807, 2.05) is 53.4 Å². The van der Waals surface area contributed by atoms with Gasteiger partial charge in [-0.05, 0) is 31.0 Å². The number of amides is 2. The Kier molecular flexibility index (Phi) is 6.47. The van der Waals surface area contributed by atoms with E-state index in [9.17, 15) is 14.7 Å². The molecule has 4 rings (SSSR count). The fraction of sp³-hybridized carbons (Fsp3) is 0.348. The molecule has 0 spiro atoms. The first-order valence-corrected chi connectivity index (χ1v) is 10.5. The highest BCUT2D eigenvalue weighted by Crippen LogP contribution is 2.36. The third kappa shape index (κ3) is 4.86. The number of carbonyl (C=O) groups is 2. The maximum absolute atomic E-state index is 12.6. The molecule has 0 radical (unpaired) electrons. The summed E-state index contributed by atoms with van der Waals surface area (Å²) in [7, 11) is 0. The van der Waals surface area contributed by atoms with E-state index in [-0.39, 0.29) is 25.0 Å². The summed E-state index contributed by atoms with van der Waals surface area (Å²) in [5, 5.41) is 12.1. The predicted octanol–water partition coefficient (Wildman–Crippen LogP) is 2.19. The van der Waals surface area contributed by atoms with Crippen LogP contribution in [0.15, 0.2) is 53.5 Å². The molecule has 0 bridgehead atoms. The fourth-order valence-corrected chi connectivity index (χ4v) is 3.77. The summed E-state index contributed by atoms with van der Waals surface area (Å²) >= 11 is 0. The van der Waals surface area contributed by atoms with Gasteiger partial charge in [0.1, 0.15) is 18.0 Å². The molecule has 8 nitrogen and oxygen atoms in total. The van der Waals surface area contributed by atoms with Gasteiger partial charge in [0, 0.05) is 30.8 Å². The maximum atomic E-state index is 12.6. The van der Waals surface area contributed by atoms with Crippen molar-refractivity contribution in [2.45, 2.75) is 25.8 Å². The van der Waals surface area contributed by atoms with Crippen LogP contribution in [-0.4, -0.2) is 54.1 Å². The lowest BCUT2D eigenvalue weighted by molar-refractivity contribution is -0.119. The van der Waals surface area contributed by atoms with Gasteiger partial charge in [0.2, 0.25) is 17.8 Å². The van der Waals surface area contributed by atoms with Crippen molar-refractivity contribution < 1.29 is 19.4 Å². The van der Waals surface area contributed by atoms with Crippen molar-refractivity contribution in [3.8, 4) is 5.75 Å². The number of ether oxygens (including phenoxy) is 1. The quantitative estimate of drug-likeness (QED) is 0.604. The van der Waals surface area contributed by atoms with E-state index in [1.165, 1.54) is 0 Å². The number of nitrogens with one attached hydrogen (secondary N) is 1. The third-order valence-corrected chi connectivity index (χ3v) is 5.28. The summed E-state index contributed by atoms with van der Waals surface area (Å²) in [6.45, 7) is 1.62. The number of nitrogens with zero attached hydrogens (tertiary/aromatic N) is 3. The lowest BCUT2D eigenvalue weighted by Gasteiger charge is -2.24. The molecule has 8 heteroatoms. The lowest BCUT2D eigenvalue weighted by atomic mass is 10.1. The van der Waals surface area contributed by atoms with E-state index < -0.39 is 0 Å². The van der Waals surface area contributed by atoms with E-state index in [0.29, 0.717) is 44.2 Å². The Morgan fingerprint density at radius 2 is 1.97 bits per heavy atom. The molecule has 1 fully saturated rings. The van der Waals surface area contributed by atoms with Crippen molar-refractivity contribution in [2.75, 3.05) is 31.2 Å². The number of hydrogen-bond donors (Lipinski definition) is 2. The molecule has 2 aliphatic heterocycles. The van der Waals surface area contributed by atoms with Gasteiger partial charge in [0.15, 0.2) is 0 Å². The van der Waals surface area contributed by atoms with Crippen LogP contribution < -0.4 is 15.0 Å². The molecule has 2 amide bonds. The van der Waals surface area contributed by atoms with E-state index in [1.54, 1.807) is 4.90 Å². The van der Waals surface area contributed by atoms with Crippen LogP contribution in [0.5, 0.6) is 5.75 Å². The van der Waals surface area contributed by atoms with Crippen LogP contribution in [0, 0.1) is 0 Å². The number of rotatable bonds is 9. The smallest absolute Gasteiger partial charge is 0.246 e. The minimum absolute atomic E-state index is 0.0131. The zero-order chi connectivity index (χ0) is 21.6. The highest BCUT2D eigenvalue weighted by atomic mass is 16.5. The van der Waals surface area contributed by atoms with Gasteiger partial charge in [-0.2, -0.15) is 0 Å². The number of aliphatic imine (C=N–C) groups is 1. The number of benzene rings is 2. The zero-order valence-corrected chi connectivity index (χ0v) is 17.3. The lowest BCUT2D eigenvalue weighted by Crippen LogP contribution is -2.33. The van der Waals surface area contributed by atoms with E-state index in [2.05, 4.69) is 10.3 Å². The molecular formula is C23H26N4O4. The molecule has 1 saturated heterocycles. The van der Waals surface area contributed by atoms with Gasteiger partial charge in [-0.3, -0.25) is 14.9 Å². The van der Waals surface area contributed by atoms with Gasteiger partial charge >= 0.3 is 0 Å². The Bertz CT molecular complexity index is 977. The normalized spacial score (nSPS) is 14.4. The number of aliphatic hydroxyl groups is 1. The average molecular weight is 422 g/mol. The zero-order valence-electron chi connectivity index (χ0n) is 17.3. The Balaban J connectivity index is 1.29. The maximum Gasteiger partial charge on any atom is 0.246 e. The summed E-state index contributed by atoms with van der Waals surface area (Å²) in [6.07, 6.45) is 1.78. The van der Waals surface area contributed by atoms with Crippen molar-refractivity contribution in [2.24, 2.45) is 4.99 Å². The first-order valence-electron chi connectivity index (χ1n) is 10.5. The van der Waals surface area contributed by atoms with Gasteiger partial charge in [-0.15, -0.1) is 0 Å². The number of aliphatic hydroxyl groups excluding tert-OH is 1. The molecule has 0 aromatic heterocycles. The van der Waals surface area contributed by atoms with Crippen LogP contribution in [0.1, 0.15) is 24.8 Å². The first-order chi connectivity index (χ1) is 15.2. The monoisotopic (exact) mass is 422 g/mol. The molecule has 2 N–H and O–H groups in total. The predicted molar refractivity (Wildman–Crippen MR) is 117 cm³/mol. The van der Waals surface area contributed by atoms with Crippen molar-refractivity contribution >= 4 is 29.1 Å². The summed E-state index contributed by atoms with van der Waals surface area (Å²) in [4.78, 5) is 32.3. The fourth-order valence-electron chi connectivity index (χ4n) is 3.77. The highest BCUT2D eigenvalue weighted by Gasteiger charge is 2.30. The van der Waals surface area contributed by atoms with Crippen LogP contribution in [0.25, 0.3) is 0 Å². The number of anilines is 1. The number of carbonyl (C=O) groups excluding carboxylic acids is 2. The second-order valence-electron chi connectivity index (χ2n) is 7.51. The van der Waals surface area contributed by atoms with E-state index in [0.717, 1.165) is 23.4 Å². The summed E-state index contributed by atoms with van der Waals surface area (Å²) in [5.74, 6) is 1.19. The molecule has 0 unspecified atom stereocenters. The largest absolute Gasteiger partial charge is 0.491 e. The van der Waals surface area contributed by atoms with Gasteiger partial charge in [0.05, 0.1) is 13.2 Å². The van der Waals surface area contributed by atoms with Crippen LogP contribution in [0.4, 0.5) is 11.4 Å². The van der Waals surface area contributed by atoms with Gasteiger partial charge in [-0.25, -0.2) is 4.99 Å². The topological polar surface area (TPSA) is 94.5 Å². The number of para-hydroxylation sites is 2. The van der Waals surface area contributed by atoms with Crippen LogP contribution in [0.3, 0.4) is 0 Å². The SMILES string of the molecule is O=C1CN2Cc3cccc(OCCCCC(=O)N(CCO)c4ccccc4)c3N=C2N1. The summed E-state index contributed by atoms with van der Waals surface area (Å²) in [6, 6.07) is 15.2. The first kappa shape index (κ1) is 20.9. The molecule has 0 saturated carbocycles. The van der Waals surface area contributed by atoms with Crippen LogP contribution in [0.2, 0.25) is 0 Å². The minimum Gasteiger partial charge on any atom is -0.491 e. The number of guanidine groups is 1. The van der Waals surface area contributed by atoms with Gasteiger partial charge < -0.3 is 19.6 Å². The Morgan fingerprint density at radius 1 is 1.13 bits per heavy atom. The highest BCUT2D eigenvalue weighted by molar-refractivity contribution is 6.06. The molecule has 0 atom stereocenters. The van der Waals surface area contributed by atoms with Crippen molar-refractivity contribution in [1.82, 2.24) is 10.2 Å². The number of hydrogen-bond acceptors (Lipinski definition) is 6. The third-order valence-electron chi connectivity index (χ3n) is 5.28. The average Bonchev–Trinajstić information content (AvgIpc) is 3.15. The second kappa shape index (κ2) is 9.61. The van der Waals surface area contributed by atoms with E-state index >= 15 is 0 Å². The molecule has 2 heterocycles. The van der Waals surface area contributed by atoms with Crippen LogP contribution >= 0.6 is 0 Å². The second-order valence-corrected chi connectivity index (χ2v) is 7.51. The molecule has 162 valence electrons. The van der Waals surface area contributed by atoms with Crippen LogP contribution in [-0.2, 0) is 16.1 Å². The Labute approximate surface area is 181 Å². The molecule has 0 aliphatic carbocycles. The van der Waals surface area contributed by atoms with Crippen molar-refractivity contribution in [1.29, 1.82) is 0 Å². The standard InChI is InChI=1S/C23H26N4O4/c28-13-12-27(18-8-2-1-3-9-18)21(30)11-4-5-14-31-19-10-6-7-17-15-26-16-20(29)24-23(26)25-22(17)19/h1-3,6-10,28H,4-5,11-16H2,(H,24,25,29). The number of unbranched alkanes of at least 4 members (excludes halogenated alkanes) is 1. The summed E-state index contributed by atoms with van der Waals surface area (Å²) < 4.78 is 5.95. The van der Waals surface area contributed by atoms with Crippen molar-refractivity contribution in [3.63, 3.8) is 0 Å². The molecular weight excluding hydrogens is 396 g/mol.